The Morgan fingerprint density at radius 2 is 1.88 bits per heavy atom. The van der Waals surface area contributed by atoms with Gasteiger partial charge in [0.25, 0.3) is 5.91 Å². The van der Waals surface area contributed by atoms with Crippen molar-refractivity contribution in [2.75, 3.05) is 26.2 Å². The number of aliphatic hydroxyl groups is 1. The third-order valence-corrected chi connectivity index (χ3v) is 5.98. The van der Waals surface area contributed by atoms with Crippen molar-refractivity contribution in [2.45, 2.75) is 78.3 Å². The Morgan fingerprint density at radius 3 is 2.55 bits per heavy atom. The van der Waals surface area contributed by atoms with Crippen molar-refractivity contribution in [1.29, 1.82) is 0 Å². The summed E-state index contributed by atoms with van der Waals surface area (Å²) < 4.78 is 0. The van der Waals surface area contributed by atoms with E-state index in [-0.39, 0.29) is 37.0 Å². The highest BCUT2D eigenvalue weighted by molar-refractivity contribution is 5.96. The molecule has 1 fully saturated rings. The van der Waals surface area contributed by atoms with Crippen LogP contribution in [-0.2, 0) is 9.59 Å². The number of fused-ring (bicyclic) bond motifs is 1. The summed E-state index contributed by atoms with van der Waals surface area (Å²) in [5.74, 6) is -0.243. The maximum atomic E-state index is 13.2. The highest BCUT2D eigenvalue weighted by Gasteiger charge is 2.41. The Labute approximate surface area is 199 Å². The molecule has 33 heavy (non-hydrogen) atoms. The third kappa shape index (κ3) is 7.57. The number of piperazine rings is 1. The zero-order chi connectivity index (χ0) is 24.2. The van der Waals surface area contributed by atoms with Crippen molar-refractivity contribution in [1.82, 2.24) is 20.7 Å². The molecule has 0 aromatic heterocycles. The van der Waals surface area contributed by atoms with Crippen LogP contribution in [0.3, 0.4) is 0 Å². The van der Waals surface area contributed by atoms with Gasteiger partial charge in [-0.15, -0.1) is 0 Å². The lowest BCUT2D eigenvalue weighted by atomic mass is 10.0. The second kappa shape index (κ2) is 14.0. The second-order valence-corrected chi connectivity index (χ2v) is 8.56. The number of hydrogen-bond acceptors (Lipinski definition) is 5. The molecule has 1 aromatic carbocycles. The number of hydrazine groups is 1. The van der Waals surface area contributed by atoms with Crippen LogP contribution in [0.25, 0.3) is 0 Å². The van der Waals surface area contributed by atoms with Crippen molar-refractivity contribution in [3.63, 3.8) is 0 Å². The van der Waals surface area contributed by atoms with Crippen LogP contribution in [-0.4, -0.2) is 59.1 Å². The molecule has 1 saturated heterocycles. The first-order valence-corrected chi connectivity index (χ1v) is 12.5. The predicted octanol–water partition coefficient (Wildman–Crippen LogP) is 3.45. The average molecular weight is 459 g/mol. The quantitative estimate of drug-likeness (QED) is 0.442. The van der Waals surface area contributed by atoms with Crippen molar-refractivity contribution < 1.29 is 14.7 Å². The number of unbranched alkanes of at least 4 members (excludes halogenated alkanes) is 3. The lowest BCUT2D eigenvalue weighted by Gasteiger charge is -2.41. The lowest BCUT2D eigenvalue weighted by molar-refractivity contribution is -0.138. The number of hydrogen-bond donors (Lipinski definition) is 3. The summed E-state index contributed by atoms with van der Waals surface area (Å²) in [6.45, 7) is 9.50. The summed E-state index contributed by atoms with van der Waals surface area (Å²) in [6.07, 6.45) is 7.76. The number of rotatable bonds is 11. The van der Waals surface area contributed by atoms with E-state index in [1.807, 2.05) is 24.9 Å². The number of nitrogens with zero attached hydrogens (tertiary/aromatic N) is 2. The molecule has 2 atom stereocenters. The van der Waals surface area contributed by atoms with Crippen LogP contribution < -0.4 is 10.7 Å². The molecule has 0 aliphatic carbocycles. The molecule has 0 saturated carbocycles. The molecular formula is C26H42N4O3. The van der Waals surface area contributed by atoms with Crippen LogP contribution in [0.5, 0.6) is 0 Å². The zero-order valence-corrected chi connectivity index (χ0v) is 20.8. The standard InChI is InChI=1S/C24H36N4O3.C2H6/c1-3-4-5-8-20-16-27(17-23(30)25-13-6-7-14-29)24(31)22-15-21(26-28(20)22)19-11-9-18(2)10-12-19;1-2/h9-12,15,20-21,26,29H,3-8,13-14,16-17H2,1-2H3,(H,25,30);1-2H3. The minimum absolute atomic E-state index is 0.0412. The Balaban J connectivity index is 0.00000187. The number of amides is 2. The van der Waals surface area contributed by atoms with Gasteiger partial charge in [0.05, 0.1) is 18.6 Å². The highest BCUT2D eigenvalue weighted by atomic mass is 16.3. The van der Waals surface area contributed by atoms with Gasteiger partial charge in [0.15, 0.2) is 0 Å². The summed E-state index contributed by atoms with van der Waals surface area (Å²) in [5.41, 5.74) is 6.50. The molecule has 2 unspecified atom stereocenters. The van der Waals surface area contributed by atoms with Gasteiger partial charge in [-0.1, -0.05) is 69.9 Å². The molecule has 0 spiro atoms. The molecule has 0 radical (unpaired) electrons. The van der Waals surface area contributed by atoms with Gasteiger partial charge in [0, 0.05) is 19.7 Å². The molecule has 2 amide bonds. The number of carbonyl (C=O) groups excluding carboxylic acids is 2. The van der Waals surface area contributed by atoms with Gasteiger partial charge in [-0.2, -0.15) is 0 Å². The third-order valence-electron chi connectivity index (χ3n) is 5.98. The molecule has 2 heterocycles. The molecule has 1 aromatic rings. The van der Waals surface area contributed by atoms with E-state index in [0.29, 0.717) is 25.2 Å². The van der Waals surface area contributed by atoms with E-state index >= 15 is 0 Å². The van der Waals surface area contributed by atoms with Crippen molar-refractivity contribution >= 4 is 11.8 Å². The maximum absolute atomic E-state index is 13.2. The first kappa shape index (κ1) is 26.9. The molecule has 7 nitrogen and oxygen atoms in total. The van der Waals surface area contributed by atoms with Crippen LogP contribution >= 0.6 is 0 Å². The minimum Gasteiger partial charge on any atom is -0.396 e. The molecule has 184 valence electrons. The highest BCUT2D eigenvalue weighted by Crippen LogP contribution is 2.32. The van der Waals surface area contributed by atoms with E-state index < -0.39 is 0 Å². The van der Waals surface area contributed by atoms with E-state index in [1.54, 1.807) is 4.90 Å². The van der Waals surface area contributed by atoms with Gasteiger partial charge in [0.2, 0.25) is 5.91 Å². The summed E-state index contributed by atoms with van der Waals surface area (Å²) in [4.78, 5) is 27.2. The first-order chi connectivity index (χ1) is 16.0. The van der Waals surface area contributed by atoms with Crippen LogP contribution in [0.1, 0.15) is 76.5 Å². The molecular weight excluding hydrogens is 416 g/mol. The smallest absolute Gasteiger partial charge is 0.271 e. The second-order valence-electron chi connectivity index (χ2n) is 8.56. The van der Waals surface area contributed by atoms with Crippen LogP contribution in [0, 0.1) is 6.92 Å². The SMILES string of the molecule is CC.CCCCCC1CN(CC(=O)NCCCCO)C(=O)C2=CC(c3ccc(C)cc3)NN21. The number of benzene rings is 1. The summed E-state index contributed by atoms with van der Waals surface area (Å²) in [7, 11) is 0. The van der Waals surface area contributed by atoms with Gasteiger partial charge < -0.3 is 15.3 Å². The van der Waals surface area contributed by atoms with Crippen molar-refractivity contribution in [3.05, 3.63) is 47.2 Å². The molecule has 2 aliphatic heterocycles. The van der Waals surface area contributed by atoms with Gasteiger partial charge in [-0.3, -0.25) is 14.6 Å². The van der Waals surface area contributed by atoms with E-state index in [1.165, 1.54) is 5.56 Å². The van der Waals surface area contributed by atoms with E-state index in [2.05, 4.69) is 48.9 Å². The summed E-state index contributed by atoms with van der Waals surface area (Å²) in [5, 5.41) is 13.8. The fourth-order valence-electron chi connectivity index (χ4n) is 4.18. The number of nitrogens with one attached hydrogen (secondary N) is 2. The predicted molar refractivity (Wildman–Crippen MR) is 132 cm³/mol. The van der Waals surface area contributed by atoms with E-state index in [0.717, 1.165) is 37.7 Å². The number of carbonyl (C=O) groups is 2. The lowest BCUT2D eigenvalue weighted by Crippen LogP contribution is -2.58. The normalized spacial score (nSPS) is 19.5. The van der Waals surface area contributed by atoms with Gasteiger partial charge in [0.1, 0.15) is 5.70 Å². The molecule has 3 N–H and O–H groups in total. The van der Waals surface area contributed by atoms with E-state index in [4.69, 9.17) is 5.11 Å². The van der Waals surface area contributed by atoms with Crippen LogP contribution in [0.2, 0.25) is 0 Å². The number of aliphatic hydroxyl groups excluding tert-OH is 1. The average Bonchev–Trinajstić information content (AvgIpc) is 3.27. The van der Waals surface area contributed by atoms with Gasteiger partial charge in [-0.05, 0) is 37.8 Å². The molecule has 2 aliphatic rings. The zero-order valence-electron chi connectivity index (χ0n) is 20.8. The Hall–Kier alpha value is -2.38. The van der Waals surface area contributed by atoms with Crippen LogP contribution in [0.15, 0.2) is 36.0 Å². The Bertz CT molecular complexity index is 778. The monoisotopic (exact) mass is 458 g/mol. The van der Waals surface area contributed by atoms with Gasteiger partial charge >= 0.3 is 0 Å². The first-order valence-electron chi connectivity index (χ1n) is 12.5. The molecule has 0 bridgehead atoms. The van der Waals surface area contributed by atoms with E-state index in [9.17, 15) is 9.59 Å². The largest absolute Gasteiger partial charge is 0.396 e. The van der Waals surface area contributed by atoms with Gasteiger partial charge in [-0.25, -0.2) is 5.43 Å². The maximum Gasteiger partial charge on any atom is 0.271 e. The fraction of sp³-hybridized carbons (Fsp3) is 0.615. The summed E-state index contributed by atoms with van der Waals surface area (Å²) in [6, 6.07) is 8.46. The fourth-order valence-corrected chi connectivity index (χ4v) is 4.18. The molecule has 3 rings (SSSR count). The Morgan fingerprint density at radius 1 is 1.15 bits per heavy atom. The molecule has 7 heteroatoms. The van der Waals surface area contributed by atoms with Crippen LogP contribution in [0.4, 0.5) is 0 Å². The van der Waals surface area contributed by atoms with Crippen molar-refractivity contribution in [2.24, 2.45) is 0 Å². The minimum atomic E-state index is -0.145. The Kier molecular flexibility index (Phi) is 11.4. The number of aryl methyl sites for hydroxylation is 1. The topological polar surface area (TPSA) is 84.9 Å². The van der Waals surface area contributed by atoms with Crippen molar-refractivity contribution in [3.8, 4) is 0 Å². The summed E-state index contributed by atoms with van der Waals surface area (Å²) >= 11 is 0.